The van der Waals surface area contributed by atoms with E-state index in [2.05, 4.69) is 26.2 Å². The molecular weight excluding hydrogens is 332 g/mol. The van der Waals surface area contributed by atoms with Crippen LogP contribution >= 0.6 is 15.9 Å². The normalized spacial score (nSPS) is 10.4. The van der Waals surface area contributed by atoms with Gasteiger partial charge in [0.1, 0.15) is 0 Å². The monoisotopic (exact) mass is 348 g/mol. The number of hydrogen-bond donors (Lipinski definition) is 1. The third kappa shape index (κ3) is 4.12. The highest BCUT2D eigenvalue weighted by molar-refractivity contribution is 9.10. The van der Waals surface area contributed by atoms with Gasteiger partial charge < -0.3 is 10.1 Å². The molecule has 1 heterocycles. The predicted molar refractivity (Wildman–Crippen MR) is 86.3 cm³/mol. The number of methoxy groups -OCH3 is 1. The van der Waals surface area contributed by atoms with Crippen molar-refractivity contribution in [3.8, 4) is 11.3 Å². The van der Waals surface area contributed by atoms with Gasteiger partial charge in [-0.25, -0.2) is 0 Å². The van der Waals surface area contributed by atoms with Gasteiger partial charge in [-0.2, -0.15) is 0 Å². The van der Waals surface area contributed by atoms with E-state index in [0.717, 1.165) is 15.7 Å². The highest BCUT2D eigenvalue weighted by Gasteiger charge is 2.11. The molecule has 0 aliphatic heterocycles. The number of aromatic nitrogens is 1. The first-order valence-corrected chi connectivity index (χ1v) is 7.42. The standard InChI is InChI=1S/C16H17BrN2O2/c1-11-14(16(20)18-8-9-21-2)6-7-15(19-11)12-4-3-5-13(17)10-12/h3-7,10H,8-9H2,1-2H3,(H,18,20). The molecule has 2 rings (SSSR count). The Bertz CT molecular complexity index is 644. The van der Waals surface area contributed by atoms with Crippen LogP contribution < -0.4 is 5.32 Å². The van der Waals surface area contributed by atoms with E-state index in [1.165, 1.54) is 0 Å². The number of aryl methyl sites for hydroxylation is 1. The average Bonchev–Trinajstić information content (AvgIpc) is 2.47. The molecule has 0 unspecified atom stereocenters. The van der Waals surface area contributed by atoms with Crippen LogP contribution in [-0.2, 0) is 4.74 Å². The topological polar surface area (TPSA) is 51.2 Å². The van der Waals surface area contributed by atoms with Crippen molar-refractivity contribution in [2.45, 2.75) is 6.92 Å². The van der Waals surface area contributed by atoms with Gasteiger partial charge in [-0.1, -0.05) is 28.1 Å². The van der Waals surface area contributed by atoms with E-state index in [-0.39, 0.29) is 5.91 Å². The van der Waals surface area contributed by atoms with Crippen LogP contribution in [0, 0.1) is 6.92 Å². The van der Waals surface area contributed by atoms with E-state index in [9.17, 15) is 4.79 Å². The van der Waals surface area contributed by atoms with Crippen molar-refractivity contribution in [2.24, 2.45) is 0 Å². The summed E-state index contributed by atoms with van der Waals surface area (Å²) in [5, 5.41) is 2.80. The van der Waals surface area contributed by atoms with Crippen LogP contribution in [0.5, 0.6) is 0 Å². The lowest BCUT2D eigenvalue weighted by molar-refractivity contribution is 0.0936. The summed E-state index contributed by atoms with van der Waals surface area (Å²) in [7, 11) is 1.60. The minimum Gasteiger partial charge on any atom is -0.383 e. The van der Waals surface area contributed by atoms with Crippen molar-refractivity contribution >= 4 is 21.8 Å². The predicted octanol–water partition coefficient (Wildman–Crippen LogP) is 3.20. The Morgan fingerprint density at radius 3 is 2.81 bits per heavy atom. The fourth-order valence-corrected chi connectivity index (χ4v) is 2.37. The number of nitrogens with one attached hydrogen (secondary N) is 1. The first kappa shape index (κ1) is 15.7. The molecular formula is C16H17BrN2O2. The summed E-state index contributed by atoms with van der Waals surface area (Å²) < 4.78 is 5.91. The fraction of sp³-hybridized carbons (Fsp3) is 0.250. The highest BCUT2D eigenvalue weighted by Crippen LogP contribution is 2.22. The Kier molecular flexibility index (Phi) is 5.47. The van der Waals surface area contributed by atoms with Crippen molar-refractivity contribution < 1.29 is 9.53 Å². The van der Waals surface area contributed by atoms with Gasteiger partial charge in [-0.3, -0.25) is 9.78 Å². The smallest absolute Gasteiger partial charge is 0.253 e. The lowest BCUT2D eigenvalue weighted by atomic mass is 10.1. The molecule has 0 spiro atoms. The minimum atomic E-state index is -0.127. The number of halogens is 1. The first-order chi connectivity index (χ1) is 10.1. The molecule has 0 atom stereocenters. The van der Waals surface area contributed by atoms with Crippen LogP contribution in [0.15, 0.2) is 40.9 Å². The Labute approximate surface area is 132 Å². The third-order valence-electron chi connectivity index (χ3n) is 3.04. The fourth-order valence-electron chi connectivity index (χ4n) is 1.97. The van der Waals surface area contributed by atoms with Gasteiger partial charge >= 0.3 is 0 Å². The molecule has 1 aromatic heterocycles. The number of pyridine rings is 1. The summed E-state index contributed by atoms with van der Waals surface area (Å²) in [5.74, 6) is -0.127. The average molecular weight is 349 g/mol. The van der Waals surface area contributed by atoms with Crippen LogP contribution in [0.25, 0.3) is 11.3 Å². The van der Waals surface area contributed by atoms with Crippen LogP contribution in [0.3, 0.4) is 0 Å². The summed E-state index contributed by atoms with van der Waals surface area (Å²) in [6.07, 6.45) is 0. The molecule has 1 N–H and O–H groups in total. The molecule has 0 aliphatic rings. The molecule has 21 heavy (non-hydrogen) atoms. The zero-order valence-corrected chi connectivity index (χ0v) is 13.6. The first-order valence-electron chi connectivity index (χ1n) is 6.62. The van der Waals surface area contributed by atoms with Gasteiger partial charge in [0.15, 0.2) is 0 Å². The number of rotatable bonds is 5. The van der Waals surface area contributed by atoms with Crippen LogP contribution in [-0.4, -0.2) is 31.2 Å². The molecule has 0 bridgehead atoms. The summed E-state index contributed by atoms with van der Waals surface area (Å²) in [4.78, 5) is 16.5. The SMILES string of the molecule is COCCNC(=O)c1ccc(-c2cccc(Br)c2)nc1C. The number of ether oxygens (including phenoxy) is 1. The maximum Gasteiger partial charge on any atom is 0.253 e. The molecule has 2 aromatic rings. The molecule has 0 saturated heterocycles. The minimum absolute atomic E-state index is 0.127. The van der Waals surface area contributed by atoms with Gasteiger partial charge in [0.25, 0.3) is 5.91 Å². The van der Waals surface area contributed by atoms with E-state index in [4.69, 9.17) is 4.74 Å². The molecule has 0 fully saturated rings. The molecule has 1 aromatic carbocycles. The number of hydrogen-bond acceptors (Lipinski definition) is 3. The zero-order valence-electron chi connectivity index (χ0n) is 12.0. The van der Waals surface area contributed by atoms with E-state index in [0.29, 0.717) is 24.4 Å². The van der Waals surface area contributed by atoms with Crippen LogP contribution in [0.1, 0.15) is 16.1 Å². The van der Waals surface area contributed by atoms with E-state index in [1.807, 2.05) is 37.3 Å². The summed E-state index contributed by atoms with van der Waals surface area (Å²) >= 11 is 3.45. The van der Waals surface area contributed by atoms with Gasteiger partial charge in [0, 0.05) is 23.7 Å². The number of carbonyl (C=O) groups is 1. The van der Waals surface area contributed by atoms with Crippen molar-refractivity contribution in [1.82, 2.24) is 10.3 Å². The summed E-state index contributed by atoms with van der Waals surface area (Å²) in [6, 6.07) is 11.6. The Morgan fingerprint density at radius 2 is 2.14 bits per heavy atom. The molecule has 4 nitrogen and oxygen atoms in total. The quantitative estimate of drug-likeness (QED) is 0.844. The maximum absolute atomic E-state index is 12.0. The van der Waals surface area contributed by atoms with Gasteiger partial charge in [0.2, 0.25) is 0 Å². The highest BCUT2D eigenvalue weighted by atomic mass is 79.9. The summed E-state index contributed by atoms with van der Waals surface area (Å²) in [5.41, 5.74) is 3.16. The lowest BCUT2D eigenvalue weighted by Gasteiger charge is -2.09. The maximum atomic E-state index is 12.0. The van der Waals surface area contributed by atoms with Gasteiger partial charge in [-0.15, -0.1) is 0 Å². The second-order valence-corrected chi connectivity index (χ2v) is 5.50. The lowest BCUT2D eigenvalue weighted by Crippen LogP contribution is -2.27. The molecule has 0 aliphatic carbocycles. The van der Waals surface area contributed by atoms with Crippen LogP contribution in [0.2, 0.25) is 0 Å². The molecule has 5 heteroatoms. The Morgan fingerprint density at radius 1 is 1.33 bits per heavy atom. The zero-order chi connectivity index (χ0) is 15.2. The number of nitrogens with zero attached hydrogens (tertiary/aromatic N) is 1. The largest absolute Gasteiger partial charge is 0.383 e. The van der Waals surface area contributed by atoms with Crippen molar-refractivity contribution in [3.05, 3.63) is 52.1 Å². The molecule has 110 valence electrons. The van der Waals surface area contributed by atoms with Crippen molar-refractivity contribution in [1.29, 1.82) is 0 Å². The number of amides is 1. The third-order valence-corrected chi connectivity index (χ3v) is 3.54. The van der Waals surface area contributed by atoms with E-state index >= 15 is 0 Å². The molecule has 1 amide bonds. The second kappa shape index (κ2) is 7.33. The van der Waals surface area contributed by atoms with E-state index in [1.54, 1.807) is 13.2 Å². The second-order valence-electron chi connectivity index (χ2n) is 4.59. The van der Waals surface area contributed by atoms with Crippen molar-refractivity contribution in [3.63, 3.8) is 0 Å². The van der Waals surface area contributed by atoms with E-state index < -0.39 is 0 Å². The van der Waals surface area contributed by atoms with Gasteiger partial charge in [0.05, 0.1) is 23.6 Å². The van der Waals surface area contributed by atoms with Crippen LogP contribution in [0.4, 0.5) is 0 Å². The molecule has 0 radical (unpaired) electrons. The Hall–Kier alpha value is -1.72. The van der Waals surface area contributed by atoms with Gasteiger partial charge in [-0.05, 0) is 31.2 Å². The number of benzene rings is 1. The Balaban J connectivity index is 2.19. The van der Waals surface area contributed by atoms with Crippen molar-refractivity contribution in [2.75, 3.05) is 20.3 Å². The summed E-state index contributed by atoms with van der Waals surface area (Å²) in [6.45, 7) is 2.82. The number of carbonyl (C=O) groups excluding carboxylic acids is 1. The molecule has 0 saturated carbocycles.